The number of hydrogen-bond donors (Lipinski definition) is 0. The first kappa shape index (κ1) is 12.9. The van der Waals surface area contributed by atoms with Gasteiger partial charge in [0.1, 0.15) is 6.33 Å². The van der Waals surface area contributed by atoms with Gasteiger partial charge in [0.25, 0.3) is 0 Å². The van der Waals surface area contributed by atoms with E-state index in [2.05, 4.69) is 9.97 Å². The summed E-state index contributed by atoms with van der Waals surface area (Å²) >= 11 is 0. The van der Waals surface area contributed by atoms with Gasteiger partial charge < -0.3 is 0 Å². The van der Waals surface area contributed by atoms with Gasteiger partial charge in [0, 0.05) is 0 Å². The fraction of sp³-hybridized carbons (Fsp3) is 0.556. The van der Waals surface area contributed by atoms with E-state index in [0.717, 1.165) is 6.33 Å². The van der Waals surface area contributed by atoms with Crippen molar-refractivity contribution in [1.29, 1.82) is 0 Å². The number of hydrogen-bond acceptors (Lipinski definition) is 2. The van der Waals surface area contributed by atoms with E-state index < -0.39 is 11.7 Å². The molecule has 0 unspecified atom stereocenters. The molecule has 1 heterocycles. The molecule has 0 fully saturated rings. The van der Waals surface area contributed by atoms with Crippen LogP contribution in [0.25, 0.3) is 0 Å². The molecule has 0 aliphatic heterocycles. The lowest BCUT2D eigenvalue weighted by Crippen LogP contribution is -2.12. The Labute approximate surface area is 81.2 Å². The molecular weight excluding hydrogens is 193 g/mol. The monoisotopic (exact) mass is 206 g/mol. The second kappa shape index (κ2) is 4.93. The summed E-state index contributed by atoms with van der Waals surface area (Å²) in [5, 5.41) is 0. The molecule has 14 heavy (non-hydrogen) atoms. The van der Waals surface area contributed by atoms with Crippen molar-refractivity contribution in [2.45, 2.75) is 33.9 Å². The quantitative estimate of drug-likeness (QED) is 0.651. The molecular formula is C9H13F3N2. The van der Waals surface area contributed by atoms with Gasteiger partial charge in [-0.3, -0.25) is 0 Å². The van der Waals surface area contributed by atoms with Crippen LogP contribution in [0.3, 0.4) is 0 Å². The fourth-order valence-electron chi connectivity index (χ4n) is 1.00. The molecule has 0 N–H and O–H groups in total. The normalized spacial score (nSPS) is 10.5. The Morgan fingerprint density at radius 2 is 1.36 bits per heavy atom. The molecule has 0 spiro atoms. The van der Waals surface area contributed by atoms with Gasteiger partial charge in [-0.1, -0.05) is 13.8 Å². The Morgan fingerprint density at radius 1 is 1.00 bits per heavy atom. The highest BCUT2D eigenvalue weighted by molar-refractivity contribution is 5.25. The first-order valence-electron chi connectivity index (χ1n) is 4.28. The minimum absolute atomic E-state index is 0.0324. The molecule has 0 aliphatic carbocycles. The van der Waals surface area contributed by atoms with Crippen molar-refractivity contribution >= 4 is 0 Å². The largest absolute Gasteiger partial charge is 0.419 e. The van der Waals surface area contributed by atoms with Crippen molar-refractivity contribution in [1.82, 2.24) is 9.97 Å². The molecule has 1 rings (SSSR count). The maximum absolute atomic E-state index is 12.2. The summed E-state index contributed by atoms with van der Waals surface area (Å²) < 4.78 is 36.7. The van der Waals surface area contributed by atoms with E-state index in [1.807, 2.05) is 13.8 Å². The third-order valence-corrected chi connectivity index (χ3v) is 1.51. The third-order valence-electron chi connectivity index (χ3n) is 1.51. The zero-order chi connectivity index (χ0) is 11.4. The van der Waals surface area contributed by atoms with Gasteiger partial charge in [0.05, 0.1) is 17.0 Å². The maximum atomic E-state index is 12.2. The van der Waals surface area contributed by atoms with Crippen LogP contribution in [-0.2, 0) is 6.18 Å². The van der Waals surface area contributed by atoms with Crippen molar-refractivity contribution in [3.05, 3.63) is 23.3 Å². The van der Waals surface area contributed by atoms with Crippen LogP contribution in [0.2, 0.25) is 0 Å². The van der Waals surface area contributed by atoms with Crippen LogP contribution in [0.4, 0.5) is 13.2 Å². The molecule has 0 radical (unpaired) electrons. The van der Waals surface area contributed by atoms with Crippen molar-refractivity contribution in [2.24, 2.45) is 0 Å². The molecule has 0 aromatic carbocycles. The second-order valence-electron chi connectivity index (χ2n) is 2.42. The van der Waals surface area contributed by atoms with Crippen molar-refractivity contribution in [3.63, 3.8) is 0 Å². The Balaban J connectivity index is 0.000000791. The third kappa shape index (κ3) is 2.97. The van der Waals surface area contributed by atoms with Gasteiger partial charge in [0.2, 0.25) is 0 Å². The molecule has 0 saturated carbocycles. The van der Waals surface area contributed by atoms with Gasteiger partial charge in [-0.15, -0.1) is 0 Å². The van der Waals surface area contributed by atoms with E-state index in [9.17, 15) is 13.2 Å². The maximum Gasteiger partial charge on any atom is 0.419 e. The summed E-state index contributed by atoms with van der Waals surface area (Å²) in [6.45, 7) is 6.63. The van der Waals surface area contributed by atoms with Gasteiger partial charge in [-0.05, 0) is 13.8 Å². The highest BCUT2D eigenvalue weighted by atomic mass is 19.4. The number of alkyl halides is 3. The molecule has 5 heteroatoms. The van der Waals surface area contributed by atoms with Gasteiger partial charge >= 0.3 is 6.18 Å². The number of rotatable bonds is 0. The number of aromatic nitrogens is 2. The molecule has 0 amide bonds. The highest BCUT2D eigenvalue weighted by Gasteiger charge is 2.35. The Hall–Kier alpha value is -1.13. The van der Waals surface area contributed by atoms with Crippen molar-refractivity contribution < 1.29 is 13.2 Å². The van der Waals surface area contributed by atoms with Crippen LogP contribution in [0.1, 0.15) is 30.8 Å². The summed E-state index contributed by atoms with van der Waals surface area (Å²) in [5.74, 6) is 0. The smallest absolute Gasteiger partial charge is 0.241 e. The molecule has 0 aliphatic rings. The van der Waals surface area contributed by atoms with E-state index in [0.29, 0.717) is 0 Å². The van der Waals surface area contributed by atoms with Crippen LogP contribution < -0.4 is 0 Å². The van der Waals surface area contributed by atoms with Gasteiger partial charge in [-0.2, -0.15) is 13.2 Å². The molecule has 1 aromatic heterocycles. The molecule has 0 bridgehead atoms. The van der Waals surface area contributed by atoms with Crippen LogP contribution >= 0.6 is 0 Å². The lowest BCUT2D eigenvalue weighted by molar-refractivity contribution is -0.139. The number of aryl methyl sites for hydroxylation is 2. The lowest BCUT2D eigenvalue weighted by atomic mass is 10.2. The first-order chi connectivity index (χ1) is 6.43. The summed E-state index contributed by atoms with van der Waals surface area (Å²) in [4.78, 5) is 6.95. The van der Waals surface area contributed by atoms with E-state index in [4.69, 9.17) is 0 Å². The fourth-order valence-corrected chi connectivity index (χ4v) is 1.00. The second-order valence-corrected chi connectivity index (χ2v) is 2.42. The zero-order valence-corrected chi connectivity index (χ0v) is 8.61. The van der Waals surface area contributed by atoms with Crippen molar-refractivity contribution in [2.75, 3.05) is 0 Å². The Morgan fingerprint density at radius 3 is 1.57 bits per heavy atom. The minimum Gasteiger partial charge on any atom is -0.241 e. The average Bonchev–Trinajstić information content (AvgIpc) is 2.05. The molecule has 0 saturated heterocycles. The number of halogens is 3. The topological polar surface area (TPSA) is 25.8 Å². The van der Waals surface area contributed by atoms with Crippen molar-refractivity contribution in [3.8, 4) is 0 Å². The lowest BCUT2D eigenvalue weighted by Gasteiger charge is -2.10. The first-order valence-corrected chi connectivity index (χ1v) is 4.28. The van der Waals surface area contributed by atoms with E-state index in [1.54, 1.807) is 0 Å². The summed E-state index contributed by atoms with van der Waals surface area (Å²) in [5.41, 5.74) is -0.796. The zero-order valence-electron chi connectivity index (χ0n) is 8.61. The highest BCUT2D eigenvalue weighted by Crippen LogP contribution is 2.32. The average molecular weight is 206 g/mol. The molecule has 2 nitrogen and oxygen atoms in total. The predicted octanol–water partition coefficient (Wildman–Crippen LogP) is 3.14. The summed E-state index contributed by atoms with van der Waals surface area (Å²) in [7, 11) is 0. The molecule has 1 aromatic rings. The number of nitrogens with zero attached hydrogens (tertiary/aromatic N) is 2. The van der Waals surface area contributed by atoms with Crippen LogP contribution in [0.15, 0.2) is 6.33 Å². The molecule has 80 valence electrons. The van der Waals surface area contributed by atoms with E-state index >= 15 is 0 Å². The van der Waals surface area contributed by atoms with E-state index in [1.165, 1.54) is 13.8 Å². The van der Waals surface area contributed by atoms with Crippen LogP contribution in [0, 0.1) is 13.8 Å². The predicted molar refractivity (Wildman–Crippen MR) is 47.9 cm³/mol. The Kier molecular flexibility index (Phi) is 4.53. The standard InChI is InChI=1S/C7H7F3N2.C2H6/c1-4-6(7(8,9)10)5(2)12-3-11-4;1-2/h3H,1-2H3;1-2H3. The van der Waals surface area contributed by atoms with Crippen LogP contribution in [-0.4, -0.2) is 9.97 Å². The van der Waals surface area contributed by atoms with Gasteiger partial charge in [-0.25, -0.2) is 9.97 Å². The van der Waals surface area contributed by atoms with Crippen LogP contribution in [0.5, 0.6) is 0 Å². The van der Waals surface area contributed by atoms with Gasteiger partial charge in [0.15, 0.2) is 0 Å². The summed E-state index contributed by atoms with van der Waals surface area (Å²) in [6, 6.07) is 0. The Bertz CT molecular complexity index is 274. The summed E-state index contributed by atoms with van der Waals surface area (Å²) in [6.07, 6.45) is -3.23. The SMILES string of the molecule is CC.Cc1ncnc(C)c1C(F)(F)F. The van der Waals surface area contributed by atoms with E-state index in [-0.39, 0.29) is 11.4 Å². The minimum atomic E-state index is -4.35. The molecule has 0 atom stereocenters.